The van der Waals surface area contributed by atoms with Crippen LogP contribution in [0.1, 0.15) is 36.5 Å². The average molecular weight is 235 g/mol. The minimum atomic E-state index is -0.135. The molecule has 2 atom stereocenters. The zero-order chi connectivity index (χ0) is 11.7. The molecule has 0 aliphatic carbocycles. The zero-order valence-corrected chi connectivity index (χ0v) is 9.92. The summed E-state index contributed by atoms with van der Waals surface area (Å²) < 4.78 is 19.2. The van der Waals surface area contributed by atoms with Gasteiger partial charge in [0.2, 0.25) is 0 Å². The van der Waals surface area contributed by atoms with Crippen LogP contribution in [0.2, 0.25) is 0 Å². The van der Waals surface area contributed by atoms with Gasteiger partial charge in [0.25, 0.3) is 0 Å². The van der Waals surface area contributed by atoms with Gasteiger partial charge in [0.1, 0.15) is 5.82 Å². The Kier molecular flexibility index (Phi) is 3.12. The summed E-state index contributed by atoms with van der Waals surface area (Å²) >= 11 is 0. The highest BCUT2D eigenvalue weighted by atomic mass is 19.1. The van der Waals surface area contributed by atoms with E-state index in [2.05, 4.69) is 5.32 Å². The molecule has 1 unspecified atom stereocenters. The lowest BCUT2D eigenvalue weighted by atomic mass is 9.95. The zero-order valence-electron chi connectivity index (χ0n) is 9.92. The SMILES string of the molecule is Fc1ccc2c(c1)CCCOC2[C@@H]1CCCN1. The Morgan fingerprint density at radius 3 is 3.06 bits per heavy atom. The Hall–Kier alpha value is -0.930. The summed E-state index contributed by atoms with van der Waals surface area (Å²) in [6, 6.07) is 5.53. The van der Waals surface area contributed by atoms with Crippen LogP contribution in [-0.4, -0.2) is 19.2 Å². The van der Waals surface area contributed by atoms with Crippen molar-refractivity contribution in [3.05, 3.63) is 35.1 Å². The first kappa shape index (κ1) is 11.2. The number of ether oxygens (including phenoxy) is 1. The minimum absolute atomic E-state index is 0.107. The normalized spacial score (nSPS) is 28.8. The molecule has 2 heterocycles. The van der Waals surface area contributed by atoms with Crippen molar-refractivity contribution < 1.29 is 9.13 Å². The highest BCUT2D eigenvalue weighted by Crippen LogP contribution is 2.32. The van der Waals surface area contributed by atoms with Crippen molar-refractivity contribution in [2.75, 3.05) is 13.2 Å². The second kappa shape index (κ2) is 4.75. The van der Waals surface area contributed by atoms with Crippen molar-refractivity contribution in [3.8, 4) is 0 Å². The van der Waals surface area contributed by atoms with Gasteiger partial charge in [0, 0.05) is 12.6 Å². The second-order valence-electron chi connectivity index (χ2n) is 4.94. The fraction of sp³-hybridized carbons (Fsp3) is 0.571. The van der Waals surface area contributed by atoms with E-state index in [0.29, 0.717) is 6.04 Å². The highest BCUT2D eigenvalue weighted by Gasteiger charge is 2.29. The molecular formula is C14H18FNO. The van der Waals surface area contributed by atoms with Crippen LogP contribution in [0.15, 0.2) is 18.2 Å². The third-order valence-electron chi connectivity index (χ3n) is 3.76. The topological polar surface area (TPSA) is 21.3 Å². The number of nitrogens with one attached hydrogen (secondary N) is 1. The summed E-state index contributed by atoms with van der Waals surface area (Å²) in [6.07, 6.45) is 4.38. The summed E-state index contributed by atoms with van der Waals surface area (Å²) in [7, 11) is 0. The Labute approximate surface area is 101 Å². The van der Waals surface area contributed by atoms with E-state index < -0.39 is 0 Å². The lowest BCUT2D eigenvalue weighted by Crippen LogP contribution is -2.30. The Morgan fingerprint density at radius 2 is 2.24 bits per heavy atom. The van der Waals surface area contributed by atoms with Gasteiger partial charge in [0.15, 0.2) is 0 Å². The van der Waals surface area contributed by atoms with Crippen LogP contribution in [0.5, 0.6) is 0 Å². The third-order valence-corrected chi connectivity index (χ3v) is 3.76. The van der Waals surface area contributed by atoms with Crippen LogP contribution in [-0.2, 0) is 11.2 Å². The van der Waals surface area contributed by atoms with Crippen LogP contribution >= 0.6 is 0 Å². The lowest BCUT2D eigenvalue weighted by molar-refractivity contribution is 0.0333. The first-order chi connectivity index (χ1) is 8.34. The molecule has 3 heteroatoms. The van der Waals surface area contributed by atoms with E-state index in [-0.39, 0.29) is 11.9 Å². The second-order valence-corrected chi connectivity index (χ2v) is 4.94. The average Bonchev–Trinajstić information content (AvgIpc) is 2.77. The third kappa shape index (κ3) is 2.22. The van der Waals surface area contributed by atoms with E-state index in [1.54, 1.807) is 12.1 Å². The van der Waals surface area contributed by atoms with E-state index >= 15 is 0 Å². The molecule has 1 N–H and O–H groups in total. The first-order valence-corrected chi connectivity index (χ1v) is 6.48. The molecular weight excluding hydrogens is 217 g/mol. The maximum absolute atomic E-state index is 13.3. The molecule has 0 aromatic heterocycles. The molecule has 92 valence electrons. The van der Waals surface area contributed by atoms with Gasteiger partial charge in [0.05, 0.1) is 6.10 Å². The number of hydrogen-bond donors (Lipinski definition) is 1. The molecule has 0 saturated carbocycles. The van der Waals surface area contributed by atoms with Crippen LogP contribution in [0.4, 0.5) is 4.39 Å². The predicted octanol–water partition coefficient (Wildman–Crippen LogP) is 2.58. The van der Waals surface area contributed by atoms with Gasteiger partial charge in [-0.15, -0.1) is 0 Å². The fourth-order valence-electron chi connectivity index (χ4n) is 2.93. The van der Waals surface area contributed by atoms with Gasteiger partial charge in [-0.1, -0.05) is 6.07 Å². The van der Waals surface area contributed by atoms with Gasteiger partial charge in [-0.25, -0.2) is 4.39 Å². The van der Waals surface area contributed by atoms with E-state index in [9.17, 15) is 4.39 Å². The number of halogens is 1. The molecule has 0 spiro atoms. The van der Waals surface area contributed by atoms with Crippen molar-refractivity contribution in [2.45, 2.75) is 37.8 Å². The van der Waals surface area contributed by atoms with E-state index in [4.69, 9.17) is 4.74 Å². The molecule has 2 aliphatic rings. The lowest BCUT2D eigenvalue weighted by Gasteiger charge is -2.24. The maximum atomic E-state index is 13.3. The van der Waals surface area contributed by atoms with Crippen LogP contribution < -0.4 is 5.32 Å². The molecule has 0 amide bonds. The predicted molar refractivity (Wildman–Crippen MR) is 64.4 cm³/mol. The van der Waals surface area contributed by atoms with Crippen molar-refractivity contribution in [1.29, 1.82) is 0 Å². The summed E-state index contributed by atoms with van der Waals surface area (Å²) in [6.45, 7) is 1.85. The number of benzene rings is 1. The summed E-state index contributed by atoms with van der Waals surface area (Å²) in [5, 5.41) is 3.49. The summed E-state index contributed by atoms with van der Waals surface area (Å²) in [5.41, 5.74) is 2.31. The molecule has 2 aliphatic heterocycles. The smallest absolute Gasteiger partial charge is 0.123 e. The maximum Gasteiger partial charge on any atom is 0.123 e. The number of rotatable bonds is 1. The number of aryl methyl sites for hydroxylation is 1. The molecule has 0 radical (unpaired) electrons. The Morgan fingerprint density at radius 1 is 1.29 bits per heavy atom. The molecule has 1 fully saturated rings. The molecule has 0 bridgehead atoms. The van der Waals surface area contributed by atoms with Crippen LogP contribution in [0, 0.1) is 5.82 Å². The van der Waals surface area contributed by atoms with Gasteiger partial charge in [-0.2, -0.15) is 0 Å². The van der Waals surface area contributed by atoms with Crippen molar-refractivity contribution >= 4 is 0 Å². The standard InChI is InChI=1S/C14H18FNO/c15-11-5-6-12-10(9-11)3-2-8-17-14(12)13-4-1-7-16-13/h5-6,9,13-14,16H,1-4,7-8H2/t13-,14?/m0/s1. The van der Waals surface area contributed by atoms with Gasteiger partial charge < -0.3 is 10.1 Å². The van der Waals surface area contributed by atoms with E-state index in [1.807, 2.05) is 6.07 Å². The summed E-state index contributed by atoms with van der Waals surface area (Å²) in [5.74, 6) is -0.135. The molecule has 1 saturated heterocycles. The first-order valence-electron chi connectivity index (χ1n) is 6.48. The van der Waals surface area contributed by atoms with Crippen LogP contribution in [0.25, 0.3) is 0 Å². The molecule has 17 heavy (non-hydrogen) atoms. The molecule has 3 rings (SSSR count). The van der Waals surface area contributed by atoms with Crippen molar-refractivity contribution in [3.63, 3.8) is 0 Å². The molecule has 1 aromatic rings. The Balaban J connectivity index is 1.94. The quantitative estimate of drug-likeness (QED) is 0.807. The monoisotopic (exact) mass is 235 g/mol. The minimum Gasteiger partial charge on any atom is -0.372 e. The molecule has 2 nitrogen and oxygen atoms in total. The summed E-state index contributed by atoms with van der Waals surface area (Å²) in [4.78, 5) is 0. The van der Waals surface area contributed by atoms with Crippen molar-refractivity contribution in [1.82, 2.24) is 5.32 Å². The largest absolute Gasteiger partial charge is 0.372 e. The van der Waals surface area contributed by atoms with Crippen LogP contribution in [0.3, 0.4) is 0 Å². The van der Waals surface area contributed by atoms with Gasteiger partial charge in [-0.05, 0) is 55.5 Å². The Bertz CT molecular complexity index is 401. The van der Waals surface area contributed by atoms with Crippen molar-refractivity contribution in [2.24, 2.45) is 0 Å². The van der Waals surface area contributed by atoms with Gasteiger partial charge in [-0.3, -0.25) is 0 Å². The van der Waals surface area contributed by atoms with E-state index in [1.165, 1.54) is 12.0 Å². The van der Waals surface area contributed by atoms with Gasteiger partial charge >= 0.3 is 0 Å². The van der Waals surface area contributed by atoms with E-state index in [0.717, 1.165) is 38.0 Å². The number of hydrogen-bond acceptors (Lipinski definition) is 2. The fourth-order valence-corrected chi connectivity index (χ4v) is 2.93. The highest BCUT2D eigenvalue weighted by molar-refractivity contribution is 5.32. The number of fused-ring (bicyclic) bond motifs is 1. The molecule has 1 aromatic carbocycles.